The molecule has 0 aliphatic carbocycles. The van der Waals surface area contributed by atoms with Crippen molar-refractivity contribution in [3.05, 3.63) is 114 Å². The third-order valence-corrected chi connectivity index (χ3v) is 4.72. The molecule has 6 N–H and O–H groups in total. The molecule has 0 fully saturated rings. The van der Waals surface area contributed by atoms with Crippen molar-refractivity contribution in [3.8, 4) is 5.75 Å². The Morgan fingerprint density at radius 1 is 0.850 bits per heavy atom. The number of carbonyl (C=O) groups is 2. The van der Waals surface area contributed by atoms with Crippen molar-refractivity contribution in [1.29, 1.82) is 0 Å². The minimum atomic E-state index is -1.08. The second kappa shape index (κ2) is 18.5. The minimum Gasteiger partial charge on any atom is -0.550 e. The third-order valence-electron chi connectivity index (χ3n) is 4.72. The van der Waals surface area contributed by atoms with Gasteiger partial charge in [0.25, 0.3) is 0 Å². The van der Waals surface area contributed by atoms with Gasteiger partial charge in [0, 0.05) is 53.3 Å². The van der Waals surface area contributed by atoms with Gasteiger partial charge in [-0.1, -0.05) is 36.4 Å². The number of pyridine rings is 3. The van der Waals surface area contributed by atoms with Crippen LogP contribution in [0.25, 0.3) is 27.2 Å². The standard InChI is InChI=1S/C14H13N3O2.C12H8N2.C2H4O2.Cu.2H2O/c1-19-13-4-2-3-11(9-13)10-16-17-14(18)12-5-7-15-8-6-12;1-3-9-5-6-10-4-2-8-14-12(10)11(9)13-7-1;1-2(3)4;;;/h2-10H,1H3,(H,17,18);1-8H;1H3,(H,3,4);;2*1H2/q;;;+2;;/b16-10-;;;;;. The second-order valence-electron chi connectivity index (χ2n) is 7.37. The molecule has 3 aromatic heterocycles. The van der Waals surface area contributed by atoms with E-state index in [0.717, 1.165) is 40.0 Å². The summed E-state index contributed by atoms with van der Waals surface area (Å²) in [6.07, 6.45) is 8.18. The molecule has 5 rings (SSSR count). The van der Waals surface area contributed by atoms with Gasteiger partial charge in [-0.3, -0.25) is 15.0 Å². The summed E-state index contributed by atoms with van der Waals surface area (Å²) in [6.45, 7) is 0.972. The van der Waals surface area contributed by atoms with Gasteiger partial charge in [-0.2, -0.15) is 0 Å². The molecule has 0 unspecified atom stereocenters. The average Bonchev–Trinajstić information content (AvgIpc) is 2.93. The molecule has 1 radical (unpaired) electrons. The SMILES string of the molecule is CC(=O)[O-].COc1cccc(/C=N\[N-]C(=O)c2ccncc2)c1.[Cu+2].[OH3+].[OH3+].c1cnc2c(c1)ccc1cccnc12. The van der Waals surface area contributed by atoms with Gasteiger partial charge in [0.1, 0.15) is 5.75 Å². The molecule has 0 spiro atoms. The molecule has 3 heterocycles. The number of carboxylic acids is 1. The molecule has 1 amide bonds. The van der Waals surface area contributed by atoms with E-state index in [4.69, 9.17) is 14.6 Å². The summed E-state index contributed by atoms with van der Waals surface area (Å²) >= 11 is 0. The van der Waals surface area contributed by atoms with Crippen LogP contribution in [0.4, 0.5) is 0 Å². The van der Waals surface area contributed by atoms with E-state index in [1.807, 2.05) is 30.3 Å². The molecule has 211 valence electrons. The molecule has 0 aliphatic rings. The first-order chi connectivity index (χ1) is 18.0. The number of hydrogen-bond donors (Lipinski definition) is 0. The fraction of sp³-hybridized carbons (Fsp3) is 0.0714. The van der Waals surface area contributed by atoms with Gasteiger partial charge >= 0.3 is 17.1 Å². The van der Waals surface area contributed by atoms with Crippen LogP contribution in [-0.2, 0) is 32.8 Å². The van der Waals surface area contributed by atoms with Crippen molar-refractivity contribution in [1.82, 2.24) is 15.0 Å². The van der Waals surface area contributed by atoms with Crippen LogP contribution in [-0.4, -0.2) is 40.2 Å². The predicted molar refractivity (Wildman–Crippen MR) is 150 cm³/mol. The molecule has 0 saturated heterocycles. The van der Waals surface area contributed by atoms with Crippen LogP contribution in [0.2, 0.25) is 0 Å². The van der Waals surface area contributed by atoms with Crippen molar-refractivity contribution >= 4 is 39.9 Å². The van der Waals surface area contributed by atoms with Crippen LogP contribution in [0.15, 0.2) is 103 Å². The number of rotatable bonds is 4. The smallest absolute Gasteiger partial charge is 0.550 e. The monoisotopic (exact) mass is 594 g/mol. The van der Waals surface area contributed by atoms with Crippen LogP contribution in [0, 0.1) is 0 Å². The van der Waals surface area contributed by atoms with Gasteiger partial charge in [-0.25, -0.2) is 0 Å². The number of amides is 1. The second-order valence-corrected chi connectivity index (χ2v) is 7.37. The Hall–Kier alpha value is -4.74. The first-order valence-corrected chi connectivity index (χ1v) is 11.1. The van der Waals surface area contributed by atoms with Crippen LogP contribution >= 0.6 is 0 Å². The van der Waals surface area contributed by atoms with E-state index in [1.54, 1.807) is 37.7 Å². The topological polar surface area (TPSA) is 198 Å². The molecule has 11 nitrogen and oxygen atoms in total. The van der Waals surface area contributed by atoms with Gasteiger partial charge in [-0.05, 0) is 48.9 Å². The van der Waals surface area contributed by atoms with Gasteiger partial charge in [0.15, 0.2) is 0 Å². The maximum Gasteiger partial charge on any atom is 2.00 e. The molecular weight excluding hydrogens is 566 g/mol. The number of nitrogens with zero attached hydrogens (tertiary/aromatic N) is 5. The van der Waals surface area contributed by atoms with Crippen molar-refractivity contribution < 1.29 is 47.5 Å². The number of aliphatic carboxylic acids is 1. The van der Waals surface area contributed by atoms with E-state index in [9.17, 15) is 4.79 Å². The molecular formula is C28H29CuN5O6+2. The first kappa shape index (κ1) is 35.3. The summed E-state index contributed by atoms with van der Waals surface area (Å²) in [5.74, 6) is -0.758. The minimum absolute atomic E-state index is 0. The van der Waals surface area contributed by atoms with Gasteiger partial charge in [0.2, 0.25) is 0 Å². The van der Waals surface area contributed by atoms with Crippen molar-refractivity contribution in [2.45, 2.75) is 6.92 Å². The molecule has 40 heavy (non-hydrogen) atoms. The maximum absolute atomic E-state index is 11.6. The number of carbonyl (C=O) groups excluding carboxylic acids is 2. The Morgan fingerprint density at radius 3 is 1.93 bits per heavy atom. The van der Waals surface area contributed by atoms with Crippen LogP contribution in [0.5, 0.6) is 5.75 Å². The Balaban J connectivity index is 0.000000644. The zero-order valence-corrected chi connectivity index (χ0v) is 22.6. The third kappa shape index (κ3) is 10.9. The van der Waals surface area contributed by atoms with Gasteiger partial charge in [-0.15, -0.1) is 0 Å². The summed E-state index contributed by atoms with van der Waals surface area (Å²) in [5.41, 5.74) is 6.83. The Morgan fingerprint density at radius 2 is 1.40 bits per heavy atom. The fourth-order valence-electron chi connectivity index (χ4n) is 3.10. The summed E-state index contributed by atoms with van der Waals surface area (Å²) in [7, 11) is 1.59. The van der Waals surface area contributed by atoms with Gasteiger partial charge in [0.05, 0.1) is 24.1 Å². The zero-order chi connectivity index (χ0) is 26.5. The Bertz CT molecular complexity index is 1460. The van der Waals surface area contributed by atoms with Gasteiger partial charge < -0.3 is 40.9 Å². The zero-order valence-electron chi connectivity index (χ0n) is 21.6. The number of fused-ring (bicyclic) bond motifs is 3. The number of methoxy groups -OCH3 is 1. The number of ether oxygens (including phenoxy) is 1. The maximum atomic E-state index is 11.6. The number of aromatic nitrogens is 3. The van der Waals surface area contributed by atoms with Crippen molar-refractivity contribution in [2.24, 2.45) is 5.10 Å². The molecule has 5 aromatic rings. The Labute approximate surface area is 241 Å². The number of benzene rings is 2. The van der Waals surface area contributed by atoms with Crippen molar-refractivity contribution in [2.75, 3.05) is 7.11 Å². The van der Waals surface area contributed by atoms with Crippen molar-refractivity contribution in [3.63, 3.8) is 0 Å². The summed E-state index contributed by atoms with van der Waals surface area (Å²) in [5, 5.41) is 14.9. The van der Waals surface area contributed by atoms with E-state index in [2.05, 4.69) is 49.7 Å². The molecule has 0 bridgehead atoms. The van der Waals surface area contributed by atoms with E-state index in [0.29, 0.717) is 5.56 Å². The molecule has 12 heteroatoms. The van der Waals surface area contributed by atoms with Crippen LogP contribution < -0.4 is 9.84 Å². The Kier molecular flexibility index (Phi) is 16.3. The summed E-state index contributed by atoms with van der Waals surface area (Å²) in [6, 6.07) is 22.6. The largest absolute Gasteiger partial charge is 2.00 e. The number of hydrogen-bond acceptors (Lipinski definition) is 8. The molecule has 0 atom stereocenters. The fourth-order valence-corrected chi connectivity index (χ4v) is 3.10. The van der Waals surface area contributed by atoms with E-state index >= 15 is 0 Å². The molecule has 2 aromatic carbocycles. The van der Waals surface area contributed by atoms with E-state index in [-0.39, 0.29) is 28.0 Å². The molecule has 0 aliphatic heterocycles. The predicted octanol–water partition coefficient (Wildman–Crippen LogP) is 2.33. The normalized spacial score (nSPS) is 9.35. The summed E-state index contributed by atoms with van der Waals surface area (Å²) < 4.78 is 5.09. The number of carboxylic acid groups (broad SMARTS) is 1. The quantitative estimate of drug-likeness (QED) is 0.0999. The average molecular weight is 595 g/mol. The van der Waals surface area contributed by atoms with Crippen LogP contribution in [0.1, 0.15) is 22.8 Å². The van der Waals surface area contributed by atoms with Crippen LogP contribution in [0.3, 0.4) is 0 Å². The first-order valence-electron chi connectivity index (χ1n) is 11.1. The summed E-state index contributed by atoms with van der Waals surface area (Å²) in [4.78, 5) is 33.0. The molecule has 0 saturated carbocycles. The van der Waals surface area contributed by atoms with E-state index in [1.165, 1.54) is 18.6 Å². The van der Waals surface area contributed by atoms with E-state index < -0.39 is 11.9 Å².